The first-order valence-electron chi connectivity index (χ1n) is 5.14. The Kier molecular flexibility index (Phi) is 5.11. The predicted molar refractivity (Wildman–Crippen MR) is 69.4 cm³/mol. The van der Waals surface area contributed by atoms with E-state index in [9.17, 15) is 14.7 Å². The molecular formula is C11H13BrN2O4. The normalized spacial score (nSPS) is 13.5. The van der Waals surface area contributed by atoms with E-state index >= 15 is 0 Å². The highest BCUT2D eigenvalue weighted by Crippen LogP contribution is 2.15. The Balaban J connectivity index is 2.63. The lowest BCUT2D eigenvalue weighted by molar-refractivity contribution is -0.141. The van der Waals surface area contributed by atoms with Crippen LogP contribution in [0.4, 0.5) is 10.5 Å². The van der Waals surface area contributed by atoms with Gasteiger partial charge in [-0.25, -0.2) is 9.59 Å². The lowest BCUT2D eigenvalue weighted by Crippen LogP contribution is -2.49. The third-order valence-electron chi connectivity index (χ3n) is 2.12. The van der Waals surface area contributed by atoms with Gasteiger partial charge in [-0.15, -0.1) is 0 Å². The van der Waals surface area contributed by atoms with Crippen molar-refractivity contribution in [3.8, 4) is 0 Å². The molecule has 0 fully saturated rings. The fourth-order valence-corrected chi connectivity index (χ4v) is 1.66. The van der Waals surface area contributed by atoms with Crippen LogP contribution in [0.3, 0.4) is 0 Å². The maximum Gasteiger partial charge on any atom is 0.328 e. The van der Waals surface area contributed by atoms with Crippen LogP contribution in [-0.4, -0.2) is 34.4 Å². The van der Waals surface area contributed by atoms with Crippen LogP contribution in [0.15, 0.2) is 28.7 Å². The minimum absolute atomic E-state index is 0.511. The van der Waals surface area contributed by atoms with Crippen LogP contribution >= 0.6 is 15.9 Å². The van der Waals surface area contributed by atoms with Gasteiger partial charge >= 0.3 is 12.0 Å². The van der Waals surface area contributed by atoms with Gasteiger partial charge in [-0.2, -0.15) is 0 Å². The summed E-state index contributed by atoms with van der Waals surface area (Å²) in [6.07, 6.45) is -1.18. The van der Waals surface area contributed by atoms with Gasteiger partial charge in [0.15, 0.2) is 6.04 Å². The number of anilines is 1. The number of carboxylic acids is 1. The molecule has 18 heavy (non-hydrogen) atoms. The molecule has 0 saturated heterocycles. The van der Waals surface area contributed by atoms with Crippen molar-refractivity contribution < 1.29 is 19.8 Å². The molecule has 4 N–H and O–H groups in total. The number of carboxylic acid groups (broad SMARTS) is 1. The Morgan fingerprint density at radius 1 is 1.39 bits per heavy atom. The van der Waals surface area contributed by atoms with E-state index < -0.39 is 24.1 Å². The van der Waals surface area contributed by atoms with Crippen molar-refractivity contribution >= 4 is 33.6 Å². The number of hydrogen-bond donors (Lipinski definition) is 4. The lowest BCUT2D eigenvalue weighted by Gasteiger charge is -2.17. The summed E-state index contributed by atoms with van der Waals surface area (Å²) in [5, 5.41) is 22.6. The Bertz CT molecular complexity index is 450. The first-order valence-corrected chi connectivity index (χ1v) is 5.93. The van der Waals surface area contributed by atoms with Crippen LogP contribution in [0.5, 0.6) is 0 Å². The minimum atomic E-state index is -1.35. The molecule has 2 amide bonds. The molecule has 7 heteroatoms. The molecule has 0 saturated carbocycles. The second kappa shape index (κ2) is 6.36. The molecule has 1 rings (SSSR count). The zero-order valence-electron chi connectivity index (χ0n) is 9.55. The van der Waals surface area contributed by atoms with E-state index in [1.807, 2.05) is 0 Å². The molecule has 0 radical (unpaired) electrons. The van der Waals surface area contributed by atoms with E-state index in [0.29, 0.717) is 5.69 Å². The molecule has 0 heterocycles. The van der Waals surface area contributed by atoms with E-state index in [-0.39, 0.29) is 0 Å². The molecule has 98 valence electrons. The standard InChI is InChI=1S/C11H13BrN2O4/c1-6(15)9(10(16)17)14-11(18)13-8-4-2-3-7(12)5-8/h2-6,9,15H,1H3,(H,16,17)(H2,13,14,18)/t6-,9+/m1/s1. The topological polar surface area (TPSA) is 98.7 Å². The quantitative estimate of drug-likeness (QED) is 0.675. The summed E-state index contributed by atoms with van der Waals surface area (Å²) in [6, 6.07) is 4.79. The molecule has 0 aliphatic heterocycles. The molecule has 0 spiro atoms. The van der Waals surface area contributed by atoms with Gasteiger partial charge in [-0.1, -0.05) is 22.0 Å². The van der Waals surface area contributed by atoms with Gasteiger partial charge in [0.25, 0.3) is 0 Å². The molecular weight excluding hydrogens is 304 g/mol. The molecule has 6 nitrogen and oxygen atoms in total. The van der Waals surface area contributed by atoms with Gasteiger partial charge in [-0.3, -0.25) is 0 Å². The second-order valence-corrected chi connectivity index (χ2v) is 4.58. The number of carbonyl (C=O) groups is 2. The summed E-state index contributed by atoms with van der Waals surface area (Å²) in [6.45, 7) is 1.29. The minimum Gasteiger partial charge on any atom is -0.480 e. The van der Waals surface area contributed by atoms with Crippen LogP contribution < -0.4 is 10.6 Å². The summed E-state index contributed by atoms with van der Waals surface area (Å²) < 4.78 is 0.783. The second-order valence-electron chi connectivity index (χ2n) is 3.67. The smallest absolute Gasteiger partial charge is 0.328 e. The van der Waals surface area contributed by atoms with E-state index in [1.165, 1.54) is 6.92 Å². The lowest BCUT2D eigenvalue weighted by atomic mass is 10.2. The number of nitrogens with one attached hydrogen (secondary N) is 2. The van der Waals surface area contributed by atoms with Crippen molar-refractivity contribution in [2.75, 3.05) is 5.32 Å². The SMILES string of the molecule is C[C@@H](O)[C@H](NC(=O)Nc1cccc(Br)c1)C(=O)O. The molecule has 0 bridgehead atoms. The molecule has 1 aromatic rings. The maximum atomic E-state index is 11.5. The largest absolute Gasteiger partial charge is 0.480 e. The highest BCUT2D eigenvalue weighted by Gasteiger charge is 2.24. The number of hydrogen-bond acceptors (Lipinski definition) is 3. The zero-order valence-corrected chi connectivity index (χ0v) is 11.1. The fourth-order valence-electron chi connectivity index (χ4n) is 1.26. The summed E-state index contributed by atoms with van der Waals surface area (Å²) in [7, 11) is 0. The Hall–Kier alpha value is -1.60. The Morgan fingerprint density at radius 3 is 2.56 bits per heavy atom. The van der Waals surface area contributed by atoms with Crippen molar-refractivity contribution in [1.82, 2.24) is 5.32 Å². The van der Waals surface area contributed by atoms with Crippen molar-refractivity contribution in [3.63, 3.8) is 0 Å². The summed E-state index contributed by atoms with van der Waals surface area (Å²) in [5.74, 6) is -1.30. The number of benzene rings is 1. The Labute approximate surface area is 112 Å². The number of amides is 2. The third kappa shape index (κ3) is 4.34. The van der Waals surface area contributed by atoms with Gasteiger partial charge in [0.05, 0.1) is 6.10 Å². The maximum absolute atomic E-state index is 11.5. The number of halogens is 1. The first-order chi connectivity index (χ1) is 8.40. The number of carbonyl (C=O) groups excluding carboxylic acids is 1. The van der Waals surface area contributed by atoms with Gasteiger partial charge < -0.3 is 20.8 Å². The van der Waals surface area contributed by atoms with Gasteiger partial charge in [0.2, 0.25) is 0 Å². The van der Waals surface area contributed by atoms with Crippen LogP contribution in [0, 0.1) is 0 Å². The van der Waals surface area contributed by atoms with Crippen LogP contribution in [0.1, 0.15) is 6.92 Å². The third-order valence-corrected chi connectivity index (χ3v) is 2.61. The fraction of sp³-hybridized carbons (Fsp3) is 0.273. The van der Waals surface area contributed by atoms with E-state index in [1.54, 1.807) is 24.3 Å². The highest BCUT2D eigenvalue weighted by molar-refractivity contribution is 9.10. The summed E-state index contributed by atoms with van der Waals surface area (Å²) in [4.78, 5) is 22.3. The average Bonchev–Trinajstić information content (AvgIpc) is 2.25. The zero-order chi connectivity index (χ0) is 13.7. The van der Waals surface area contributed by atoms with E-state index in [4.69, 9.17) is 5.11 Å². The average molecular weight is 317 g/mol. The first kappa shape index (κ1) is 14.5. The summed E-state index contributed by atoms with van der Waals surface area (Å²) >= 11 is 3.24. The molecule has 0 aromatic heterocycles. The van der Waals surface area contributed by atoms with Crippen molar-refractivity contribution in [2.45, 2.75) is 19.1 Å². The monoisotopic (exact) mass is 316 g/mol. The molecule has 0 aliphatic carbocycles. The Morgan fingerprint density at radius 2 is 2.06 bits per heavy atom. The summed E-state index contributed by atoms with van der Waals surface area (Å²) in [5.41, 5.74) is 0.511. The van der Waals surface area contributed by atoms with Crippen LogP contribution in [0.2, 0.25) is 0 Å². The van der Waals surface area contributed by atoms with Crippen LogP contribution in [-0.2, 0) is 4.79 Å². The highest BCUT2D eigenvalue weighted by atomic mass is 79.9. The molecule has 1 aromatic carbocycles. The number of rotatable bonds is 4. The number of aliphatic hydroxyl groups excluding tert-OH is 1. The van der Waals surface area contributed by atoms with Crippen molar-refractivity contribution in [2.24, 2.45) is 0 Å². The van der Waals surface area contributed by atoms with Gasteiger partial charge in [0.1, 0.15) is 0 Å². The molecule has 2 atom stereocenters. The van der Waals surface area contributed by atoms with Gasteiger partial charge in [0, 0.05) is 10.2 Å². The predicted octanol–water partition coefficient (Wildman–Crippen LogP) is 1.40. The molecule has 0 aliphatic rings. The van der Waals surface area contributed by atoms with Crippen LogP contribution in [0.25, 0.3) is 0 Å². The van der Waals surface area contributed by atoms with Gasteiger partial charge in [-0.05, 0) is 25.1 Å². The number of aliphatic carboxylic acids is 1. The van der Waals surface area contributed by atoms with E-state index in [2.05, 4.69) is 26.6 Å². The number of aliphatic hydroxyl groups is 1. The molecule has 0 unspecified atom stereocenters. The van der Waals surface area contributed by atoms with Crippen molar-refractivity contribution in [1.29, 1.82) is 0 Å². The number of urea groups is 1. The van der Waals surface area contributed by atoms with Crippen molar-refractivity contribution in [3.05, 3.63) is 28.7 Å². The van der Waals surface area contributed by atoms with E-state index in [0.717, 1.165) is 4.47 Å².